The van der Waals surface area contributed by atoms with Gasteiger partial charge in [0.05, 0.1) is 15.6 Å². The number of halogens is 3. The van der Waals surface area contributed by atoms with Crippen molar-refractivity contribution in [3.8, 4) is 5.75 Å². The fourth-order valence-corrected chi connectivity index (χ4v) is 4.30. The number of anilines is 1. The first-order chi connectivity index (χ1) is 14.9. The molecule has 0 aromatic heterocycles. The molecule has 0 saturated carbocycles. The predicted molar refractivity (Wildman–Crippen MR) is 124 cm³/mol. The molecule has 0 aliphatic carbocycles. The number of rotatable bonds is 5. The van der Waals surface area contributed by atoms with Gasteiger partial charge in [0.1, 0.15) is 18.2 Å². The molecule has 1 fully saturated rings. The van der Waals surface area contributed by atoms with Crippen LogP contribution < -0.4 is 9.64 Å². The lowest BCUT2D eigenvalue weighted by Crippen LogP contribution is -2.28. The van der Waals surface area contributed by atoms with Crippen LogP contribution in [-0.2, 0) is 11.4 Å². The van der Waals surface area contributed by atoms with Gasteiger partial charge in [0.25, 0.3) is 5.91 Å². The number of hydrogen-bond acceptors (Lipinski definition) is 4. The van der Waals surface area contributed by atoms with Crippen LogP contribution >= 0.6 is 35.0 Å². The lowest BCUT2D eigenvalue weighted by atomic mass is 10.2. The monoisotopic (exact) mass is 472 g/mol. The van der Waals surface area contributed by atoms with E-state index in [2.05, 4.69) is 0 Å². The normalized spacial score (nSPS) is 15.1. The Labute approximate surface area is 192 Å². The van der Waals surface area contributed by atoms with E-state index in [0.717, 1.165) is 17.3 Å². The second-order valence-corrected chi connectivity index (χ2v) is 8.48. The third-order valence-corrected chi connectivity index (χ3v) is 5.93. The van der Waals surface area contributed by atoms with Crippen molar-refractivity contribution in [3.63, 3.8) is 0 Å². The zero-order chi connectivity index (χ0) is 22.0. The summed E-state index contributed by atoms with van der Waals surface area (Å²) < 4.78 is 19.3. The Hall–Kier alpha value is -2.80. The molecule has 4 nitrogen and oxygen atoms in total. The maximum atomic E-state index is 13.7. The minimum Gasteiger partial charge on any atom is -0.489 e. The van der Waals surface area contributed by atoms with E-state index in [-0.39, 0.29) is 23.5 Å². The average molecular weight is 473 g/mol. The molecule has 0 bridgehead atoms. The second kappa shape index (κ2) is 9.14. The summed E-state index contributed by atoms with van der Waals surface area (Å²) in [6, 6.07) is 18.3. The summed E-state index contributed by atoms with van der Waals surface area (Å²) in [5.41, 5.74) is 1.65. The fourth-order valence-electron chi connectivity index (χ4n) is 2.96. The standard InChI is InChI=1S/C23H15Cl2FN2O2S/c24-16-7-10-20(18(25)12-16)28-22(29)21(31-23(28)27)11-14-5-8-17(9-6-14)30-13-15-3-1-2-4-19(15)26/h1-12,27H,13H2/b21-11+,27-23?. The number of nitrogens with one attached hydrogen (secondary N) is 1. The van der Waals surface area contributed by atoms with E-state index in [1.54, 1.807) is 60.7 Å². The summed E-state index contributed by atoms with van der Waals surface area (Å²) in [4.78, 5) is 14.5. The number of carbonyl (C=O) groups is 1. The van der Waals surface area contributed by atoms with Crippen molar-refractivity contribution in [2.75, 3.05) is 4.90 Å². The Balaban J connectivity index is 1.48. The van der Waals surface area contributed by atoms with Crippen LogP contribution in [0.15, 0.2) is 71.6 Å². The molecule has 8 heteroatoms. The first-order valence-corrected chi connectivity index (χ1v) is 10.7. The molecular weight excluding hydrogens is 458 g/mol. The van der Waals surface area contributed by atoms with Gasteiger partial charge in [-0.2, -0.15) is 0 Å². The van der Waals surface area contributed by atoms with Crippen LogP contribution in [-0.4, -0.2) is 11.1 Å². The van der Waals surface area contributed by atoms with Gasteiger partial charge in [-0.15, -0.1) is 0 Å². The summed E-state index contributed by atoms with van der Waals surface area (Å²) in [7, 11) is 0. The SMILES string of the molecule is N=C1S/C(=C/c2ccc(OCc3ccccc3F)cc2)C(=O)N1c1ccc(Cl)cc1Cl. The van der Waals surface area contributed by atoms with E-state index in [4.69, 9.17) is 33.3 Å². The summed E-state index contributed by atoms with van der Waals surface area (Å²) >= 11 is 13.2. The maximum absolute atomic E-state index is 13.7. The molecule has 1 N–H and O–H groups in total. The third kappa shape index (κ3) is 4.77. The number of ether oxygens (including phenoxy) is 1. The smallest absolute Gasteiger partial charge is 0.271 e. The minimum absolute atomic E-state index is 0.0605. The summed E-state index contributed by atoms with van der Waals surface area (Å²) in [6.07, 6.45) is 1.70. The average Bonchev–Trinajstić information content (AvgIpc) is 3.02. The van der Waals surface area contributed by atoms with Crippen molar-refractivity contribution in [3.05, 3.63) is 98.6 Å². The highest BCUT2D eigenvalue weighted by atomic mass is 35.5. The van der Waals surface area contributed by atoms with Crippen molar-refractivity contribution in [1.82, 2.24) is 0 Å². The molecular formula is C23H15Cl2FN2O2S. The minimum atomic E-state index is -0.334. The van der Waals surface area contributed by atoms with Crippen LogP contribution in [0.25, 0.3) is 6.08 Å². The van der Waals surface area contributed by atoms with Gasteiger partial charge < -0.3 is 4.74 Å². The number of thioether (sulfide) groups is 1. The van der Waals surface area contributed by atoms with Crippen LogP contribution in [0.2, 0.25) is 10.0 Å². The zero-order valence-corrected chi connectivity index (χ0v) is 18.3. The first kappa shape index (κ1) is 21.4. The van der Waals surface area contributed by atoms with Crippen LogP contribution in [0.1, 0.15) is 11.1 Å². The highest BCUT2D eigenvalue weighted by Crippen LogP contribution is 2.39. The quantitative estimate of drug-likeness (QED) is 0.417. The van der Waals surface area contributed by atoms with Gasteiger partial charge in [0.15, 0.2) is 5.17 Å². The number of amidine groups is 1. The first-order valence-electron chi connectivity index (χ1n) is 9.16. The van der Waals surface area contributed by atoms with Gasteiger partial charge in [-0.3, -0.25) is 15.1 Å². The molecule has 1 amide bonds. The summed E-state index contributed by atoms with van der Waals surface area (Å²) in [6.45, 7) is 0.120. The number of hydrogen-bond donors (Lipinski definition) is 1. The molecule has 156 valence electrons. The van der Waals surface area contributed by atoms with E-state index in [1.807, 2.05) is 0 Å². The maximum Gasteiger partial charge on any atom is 0.271 e. The van der Waals surface area contributed by atoms with Crippen LogP contribution in [0.5, 0.6) is 5.75 Å². The van der Waals surface area contributed by atoms with Crippen molar-refractivity contribution in [2.24, 2.45) is 0 Å². The molecule has 31 heavy (non-hydrogen) atoms. The molecule has 0 unspecified atom stereocenters. The number of amides is 1. The van der Waals surface area contributed by atoms with E-state index in [1.165, 1.54) is 17.0 Å². The topological polar surface area (TPSA) is 53.4 Å². The van der Waals surface area contributed by atoms with E-state index in [0.29, 0.717) is 32.0 Å². The highest BCUT2D eigenvalue weighted by molar-refractivity contribution is 8.19. The number of benzene rings is 3. The molecule has 4 rings (SSSR count). The lowest BCUT2D eigenvalue weighted by Gasteiger charge is -2.16. The fraction of sp³-hybridized carbons (Fsp3) is 0.0435. The summed E-state index contributed by atoms with van der Waals surface area (Å²) in [5, 5.41) is 9.00. The molecule has 1 aliphatic heterocycles. The largest absolute Gasteiger partial charge is 0.489 e. The van der Waals surface area contributed by atoms with E-state index < -0.39 is 0 Å². The van der Waals surface area contributed by atoms with Gasteiger partial charge in [0, 0.05) is 10.6 Å². The molecule has 0 radical (unpaired) electrons. The van der Waals surface area contributed by atoms with Crippen molar-refractivity contribution < 1.29 is 13.9 Å². The number of carbonyl (C=O) groups excluding carboxylic acids is 1. The molecule has 0 spiro atoms. The van der Waals surface area contributed by atoms with E-state index >= 15 is 0 Å². The van der Waals surface area contributed by atoms with E-state index in [9.17, 15) is 9.18 Å². The van der Waals surface area contributed by atoms with Crippen molar-refractivity contribution in [1.29, 1.82) is 5.41 Å². The Morgan fingerprint density at radius 1 is 1.06 bits per heavy atom. The summed E-state index contributed by atoms with van der Waals surface area (Å²) in [5.74, 6) is -0.0642. The van der Waals surface area contributed by atoms with Gasteiger partial charge in [-0.05, 0) is 59.8 Å². The van der Waals surface area contributed by atoms with Gasteiger partial charge in [-0.1, -0.05) is 53.5 Å². The second-order valence-electron chi connectivity index (χ2n) is 6.60. The highest BCUT2D eigenvalue weighted by Gasteiger charge is 2.34. The Kier molecular flexibility index (Phi) is 6.32. The third-order valence-electron chi connectivity index (χ3n) is 4.50. The molecule has 0 atom stereocenters. The Morgan fingerprint density at radius 2 is 1.81 bits per heavy atom. The predicted octanol–water partition coefficient (Wildman–Crippen LogP) is 6.77. The van der Waals surface area contributed by atoms with Crippen LogP contribution in [0, 0.1) is 11.2 Å². The molecule has 1 aliphatic rings. The lowest BCUT2D eigenvalue weighted by molar-refractivity contribution is -0.113. The van der Waals surface area contributed by atoms with Crippen LogP contribution in [0.3, 0.4) is 0 Å². The van der Waals surface area contributed by atoms with Crippen LogP contribution in [0.4, 0.5) is 10.1 Å². The molecule has 1 saturated heterocycles. The van der Waals surface area contributed by atoms with Crippen molar-refractivity contribution >= 4 is 57.8 Å². The number of nitrogens with zero attached hydrogens (tertiary/aromatic N) is 1. The zero-order valence-electron chi connectivity index (χ0n) is 15.9. The Morgan fingerprint density at radius 3 is 2.52 bits per heavy atom. The van der Waals surface area contributed by atoms with Gasteiger partial charge in [-0.25, -0.2) is 4.39 Å². The Bertz CT molecular complexity index is 1200. The van der Waals surface area contributed by atoms with Gasteiger partial charge >= 0.3 is 0 Å². The molecule has 1 heterocycles. The van der Waals surface area contributed by atoms with Crippen molar-refractivity contribution in [2.45, 2.75) is 6.61 Å². The molecule has 3 aromatic rings. The van der Waals surface area contributed by atoms with Gasteiger partial charge in [0.2, 0.25) is 0 Å². The molecule has 3 aromatic carbocycles.